The Hall–Kier alpha value is -3.36. The Morgan fingerprint density at radius 3 is 2.48 bits per heavy atom. The molecule has 0 amide bonds. The van der Waals surface area contributed by atoms with Gasteiger partial charge in [0.1, 0.15) is 5.82 Å². The van der Waals surface area contributed by atoms with Gasteiger partial charge < -0.3 is 5.32 Å². The number of rotatable bonds is 3. The van der Waals surface area contributed by atoms with Gasteiger partial charge in [-0.05, 0) is 30.3 Å². The number of para-hydroxylation sites is 1. The van der Waals surface area contributed by atoms with Crippen molar-refractivity contribution in [1.82, 2.24) is 20.2 Å². The number of nitrogens with one attached hydrogen (secondary N) is 2. The van der Waals surface area contributed by atoms with E-state index in [-0.39, 0.29) is 29.8 Å². The standard InChI is InChI=1S/C22H14F3N5.V/c23-22(24,25)17-7-3-1-5-15(17)19-11-13-12-26-10-9-14(13)20(27-19)28-21-16-6-2-4-8-18(16)29-30-21;/h1-12H,(H2,27,28,29,30);. The molecule has 5 nitrogen and oxygen atoms in total. The van der Waals surface area contributed by atoms with Gasteiger partial charge >= 0.3 is 6.18 Å². The Morgan fingerprint density at radius 1 is 0.871 bits per heavy atom. The molecular weight excluding hydrogens is 442 g/mol. The summed E-state index contributed by atoms with van der Waals surface area (Å²) < 4.78 is 40.7. The van der Waals surface area contributed by atoms with Crippen LogP contribution in [0.1, 0.15) is 5.56 Å². The average molecular weight is 456 g/mol. The number of anilines is 2. The third-order valence-electron chi connectivity index (χ3n) is 4.85. The first-order valence-corrected chi connectivity index (χ1v) is 9.12. The maximum atomic E-state index is 13.6. The molecule has 0 fully saturated rings. The van der Waals surface area contributed by atoms with Crippen molar-refractivity contribution >= 4 is 33.3 Å². The Bertz CT molecular complexity index is 1380. The van der Waals surface area contributed by atoms with E-state index in [0.717, 1.165) is 22.4 Å². The number of hydrogen-bond donors (Lipinski definition) is 2. The monoisotopic (exact) mass is 456 g/mol. The number of fused-ring (bicyclic) bond motifs is 2. The smallest absolute Gasteiger partial charge is 0.322 e. The molecule has 0 atom stereocenters. The molecular formula is C22H14F3N5V. The van der Waals surface area contributed by atoms with E-state index >= 15 is 0 Å². The van der Waals surface area contributed by atoms with Crippen molar-refractivity contribution in [1.29, 1.82) is 0 Å². The number of benzene rings is 2. The zero-order valence-corrected chi connectivity index (χ0v) is 17.2. The van der Waals surface area contributed by atoms with E-state index in [2.05, 4.69) is 25.5 Å². The molecule has 0 aliphatic heterocycles. The van der Waals surface area contributed by atoms with Gasteiger partial charge in [0.05, 0.1) is 16.8 Å². The van der Waals surface area contributed by atoms with Crippen LogP contribution in [0, 0.1) is 0 Å². The number of nitrogens with zero attached hydrogens (tertiary/aromatic N) is 3. The number of alkyl halides is 3. The largest absolute Gasteiger partial charge is 0.417 e. The molecule has 0 unspecified atom stereocenters. The van der Waals surface area contributed by atoms with E-state index in [0.29, 0.717) is 17.0 Å². The number of aromatic nitrogens is 4. The molecule has 3 heterocycles. The second kappa shape index (κ2) is 8.05. The molecule has 3 aromatic heterocycles. The molecule has 0 bridgehead atoms. The summed E-state index contributed by atoms with van der Waals surface area (Å²) in [6, 6.07) is 16.3. The van der Waals surface area contributed by atoms with Crippen molar-refractivity contribution in [2.75, 3.05) is 5.32 Å². The fourth-order valence-corrected chi connectivity index (χ4v) is 3.46. The van der Waals surface area contributed by atoms with Gasteiger partial charge in [0.15, 0.2) is 5.82 Å². The molecule has 9 heteroatoms. The molecule has 0 saturated carbocycles. The van der Waals surface area contributed by atoms with Crippen LogP contribution in [-0.2, 0) is 24.7 Å². The maximum Gasteiger partial charge on any atom is 0.417 e. The number of aromatic amines is 1. The molecule has 0 aliphatic carbocycles. The fraction of sp³-hybridized carbons (Fsp3) is 0.0455. The minimum absolute atomic E-state index is 0. The van der Waals surface area contributed by atoms with E-state index in [1.807, 2.05) is 24.3 Å². The molecule has 5 aromatic rings. The Kier molecular flexibility index (Phi) is 5.43. The number of pyridine rings is 2. The van der Waals surface area contributed by atoms with Gasteiger partial charge in [-0.15, -0.1) is 0 Å². The van der Waals surface area contributed by atoms with Crippen LogP contribution in [0.5, 0.6) is 0 Å². The number of hydrogen-bond acceptors (Lipinski definition) is 4. The first-order valence-electron chi connectivity index (χ1n) is 9.12. The minimum Gasteiger partial charge on any atom is -0.322 e. The van der Waals surface area contributed by atoms with Crippen LogP contribution in [0.3, 0.4) is 0 Å². The summed E-state index contributed by atoms with van der Waals surface area (Å²) in [7, 11) is 0. The zero-order valence-electron chi connectivity index (χ0n) is 15.9. The first kappa shape index (κ1) is 20.9. The third-order valence-corrected chi connectivity index (χ3v) is 4.85. The predicted molar refractivity (Wildman–Crippen MR) is 109 cm³/mol. The van der Waals surface area contributed by atoms with Crippen LogP contribution < -0.4 is 5.32 Å². The normalized spacial score (nSPS) is 11.5. The third kappa shape index (κ3) is 3.87. The van der Waals surface area contributed by atoms with Crippen molar-refractivity contribution in [3.05, 3.63) is 78.6 Å². The van der Waals surface area contributed by atoms with Gasteiger partial charge in [0.25, 0.3) is 0 Å². The molecule has 0 saturated heterocycles. The maximum absolute atomic E-state index is 13.6. The van der Waals surface area contributed by atoms with E-state index in [1.54, 1.807) is 30.6 Å². The van der Waals surface area contributed by atoms with E-state index in [9.17, 15) is 13.2 Å². The second-order valence-corrected chi connectivity index (χ2v) is 6.74. The van der Waals surface area contributed by atoms with Crippen molar-refractivity contribution in [3.8, 4) is 11.3 Å². The summed E-state index contributed by atoms with van der Waals surface area (Å²) >= 11 is 0. The molecule has 31 heavy (non-hydrogen) atoms. The van der Waals surface area contributed by atoms with Crippen LogP contribution in [0.2, 0.25) is 0 Å². The van der Waals surface area contributed by atoms with Gasteiger partial charge in [-0.3, -0.25) is 10.1 Å². The molecule has 0 spiro atoms. The van der Waals surface area contributed by atoms with Crippen molar-refractivity contribution in [3.63, 3.8) is 0 Å². The predicted octanol–water partition coefficient (Wildman–Crippen LogP) is 5.93. The Labute approximate surface area is 186 Å². The molecule has 153 valence electrons. The summed E-state index contributed by atoms with van der Waals surface area (Å²) in [4.78, 5) is 8.64. The van der Waals surface area contributed by atoms with Gasteiger partial charge in [0, 0.05) is 52.7 Å². The van der Waals surface area contributed by atoms with Gasteiger partial charge in [-0.2, -0.15) is 18.3 Å². The van der Waals surface area contributed by atoms with Gasteiger partial charge in [0.2, 0.25) is 0 Å². The zero-order chi connectivity index (χ0) is 20.7. The van der Waals surface area contributed by atoms with Crippen LogP contribution in [0.4, 0.5) is 24.8 Å². The minimum atomic E-state index is -4.49. The van der Waals surface area contributed by atoms with Crippen molar-refractivity contribution in [2.24, 2.45) is 0 Å². The van der Waals surface area contributed by atoms with Crippen LogP contribution >= 0.6 is 0 Å². The average Bonchev–Trinajstić information content (AvgIpc) is 3.16. The van der Waals surface area contributed by atoms with Crippen LogP contribution in [0.15, 0.2) is 73.1 Å². The molecule has 0 aliphatic rings. The van der Waals surface area contributed by atoms with Gasteiger partial charge in [-0.25, -0.2) is 4.98 Å². The summed E-state index contributed by atoms with van der Waals surface area (Å²) in [5, 5.41) is 12.6. The summed E-state index contributed by atoms with van der Waals surface area (Å²) in [5.74, 6) is 0.941. The molecule has 1 radical (unpaired) electrons. The Morgan fingerprint density at radius 2 is 1.65 bits per heavy atom. The van der Waals surface area contributed by atoms with Crippen LogP contribution in [0.25, 0.3) is 32.9 Å². The summed E-state index contributed by atoms with van der Waals surface area (Å²) in [6.07, 6.45) is -1.28. The van der Waals surface area contributed by atoms with Crippen molar-refractivity contribution in [2.45, 2.75) is 6.18 Å². The van der Waals surface area contributed by atoms with E-state index in [4.69, 9.17) is 0 Å². The molecule has 5 rings (SSSR count). The first-order chi connectivity index (χ1) is 14.5. The van der Waals surface area contributed by atoms with E-state index in [1.165, 1.54) is 12.1 Å². The second-order valence-electron chi connectivity index (χ2n) is 6.74. The summed E-state index contributed by atoms with van der Waals surface area (Å²) in [5.41, 5.74) is 0.304. The molecule has 2 N–H and O–H groups in total. The number of H-pyrrole nitrogens is 1. The Balaban J connectivity index is 0.00000231. The molecule has 2 aromatic carbocycles. The fourth-order valence-electron chi connectivity index (χ4n) is 3.46. The van der Waals surface area contributed by atoms with Crippen LogP contribution in [-0.4, -0.2) is 20.2 Å². The quantitative estimate of drug-likeness (QED) is 0.353. The SMILES string of the molecule is FC(F)(F)c1ccccc1-c1cc2cnccc2c(Nc2n[nH]c3ccccc23)n1.[V]. The number of halogens is 3. The summed E-state index contributed by atoms with van der Waals surface area (Å²) in [6.45, 7) is 0. The van der Waals surface area contributed by atoms with Crippen molar-refractivity contribution < 1.29 is 31.7 Å². The van der Waals surface area contributed by atoms with Gasteiger partial charge in [-0.1, -0.05) is 30.3 Å². The van der Waals surface area contributed by atoms with E-state index < -0.39 is 11.7 Å². The topological polar surface area (TPSA) is 66.5 Å².